The molecule has 1 aromatic heterocycles. The lowest BCUT2D eigenvalue weighted by Gasteiger charge is -2.21. The molecule has 0 atom stereocenters. The van der Waals surface area contributed by atoms with Gasteiger partial charge in [-0.3, -0.25) is 0 Å². The van der Waals surface area contributed by atoms with Crippen LogP contribution >= 0.6 is 0 Å². The predicted octanol–water partition coefficient (Wildman–Crippen LogP) is 4.90. The molecule has 1 heterocycles. The Bertz CT molecular complexity index is 842. The van der Waals surface area contributed by atoms with E-state index < -0.39 is 5.95 Å². The molecule has 0 aliphatic heterocycles. The second kappa shape index (κ2) is 6.87. The van der Waals surface area contributed by atoms with Crippen LogP contribution < -0.4 is 9.64 Å². The summed E-state index contributed by atoms with van der Waals surface area (Å²) in [6.45, 7) is 6.17. The van der Waals surface area contributed by atoms with Crippen LogP contribution in [0.2, 0.25) is 0 Å². The number of ether oxygens (including phenoxy) is 1. The number of fused-ring (bicyclic) bond motifs is 1. The first-order valence-corrected chi connectivity index (χ1v) is 8.16. The molecule has 0 amide bonds. The number of anilines is 1. The number of halogens is 1. The smallest absolute Gasteiger partial charge is 0.221 e. The molecule has 124 valence electrons. The van der Waals surface area contributed by atoms with E-state index in [1.807, 2.05) is 24.3 Å². The van der Waals surface area contributed by atoms with Gasteiger partial charge in [0.2, 0.25) is 5.95 Å². The highest BCUT2D eigenvalue weighted by Gasteiger charge is 2.09. The van der Waals surface area contributed by atoms with Crippen LogP contribution in [-0.2, 0) is 0 Å². The van der Waals surface area contributed by atoms with Gasteiger partial charge in [0.05, 0.1) is 12.8 Å². The van der Waals surface area contributed by atoms with Gasteiger partial charge in [0.1, 0.15) is 5.75 Å². The third-order valence-corrected chi connectivity index (χ3v) is 4.28. The maximum Gasteiger partial charge on any atom is 0.221 e. The van der Waals surface area contributed by atoms with Gasteiger partial charge in [0.15, 0.2) is 0 Å². The molecule has 0 saturated carbocycles. The summed E-state index contributed by atoms with van der Waals surface area (Å²) in [5.74, 6) is 0.244. The number of benzene rings is 2. The van der Waals surface area contributed by atoms with Gasteiger partial charge in [0.25, 0.3) is 0 Å². The average Bonchev–Trinajstić information content (AvgIpc) is 2.62. The van der Waals surface area contributed by atoms with E-state index in [1.54, 1.807) is 19.2 Å². The Morgan fingerprint density at radius 3 is 2.33 bits per heavy atom. The van der Waals surface area contributed by atoms with Crippen molar-refractivity contribution < 1.29 is 9.13 Å². The lowest BCUT2D eigenvalue weighted by atomic mass is 10.1. The number of pyridine rings is 1. The lowest BCUT2D eigenvalue weighted by Crippen LogP contribution is -2.21. The van der Waals surface area contributed by atoms with Gasteiger partial charge in [-0.05, 0) is 55.6 Å². The highest BCUT2D eigenvalue weighted by atomic mass is 19.1. The Morgan fingerprint density at radius 1 is 1.00 bits per heavy atom. The molecule has 0 bridgehead atoms. The zero-order chi connectivity index (χ0) is 17.1. The van der Waals surface area contributed by atoms with Crippen LogP contribution in [0.5, 0.6) is 5.75 Å². The van der Waals surface area contributed by atoms with Gasteiger partial charge >= 0.3 is 0 Å². The summed E-state index contributed by atoms with van der Waals surface area (Å²) < 4.78 is 19.6. The molecule has 0 aliphatic rings. The first kappa shape index (κ1) is 16.2. The van der Waals surface area contributed by atoms with E-state index in [0.29, 0.717) is 16.8 Å². The SMILES string of the molecule is CCN(CC)c1ccc(-c2cc3cc(OC)ccc3c(F)n2)cc1. The number of nitrogens with zero attached hydrogens (tertiary/aromatic N) is 2. The molecule has 0 fully saturated rings. The van der Waals surface area contributed by atoms with Gasteiger partial charge in [-0.2, -0.15) is 4.39 Å². The molecule has 0 aliphatic carbocycles. The topological polar surface area (TPSA) is 25.4 Å². The van der Waals surface area contributed by atoms with Crippen molar-refractivity contribution in [1.82, 2.24) is 4.98 Å². The highest BCUT2D eigenvalue weighted by molar-refractivity contribution is 5.87. The van der Waals surface area contributed by atoms with Crippen LogP contribution in [0.25, 0.3) is 22.0 Å². The third kappa shape index (κ3) is 3.04. The fourth-order valence-electron chi connectivity index (χ4n) is 2.90. The Morgan fingerprint density at radius 2 is 1.71 bits per heavy atom. The van der Waals surface area contributed by atoms with Gasteiger partial charge in [-0.25, -0.2) is 4.98 Å². The molecule has 3 rings (SSSR count). The van der Waals surface area contributed by atoms with Crippen molar-refractivity contribution in [2.24, 2.45) is 0 Å². The van der Waals surface area contributed by atoms with Crippen molar-refractivity contribution in [3.05, 3.63) is 54.5 Å². The number of hydrogen-bond acceptors (Lipinski definition) is 3. The fourth-order valence-corrected chi connectivity index (χ4v) is 2.90. The van der Waals surface area contributed by atoms with E-state index in [0.717, 1.165) is 29.7 Å². The van der Waals surface area contributed by atoms with E-state index in [1.165, 1.54) is 0 Å². The van der Waals surface area contributed by atoms with Crippen molar-refractivity contribution in [3.63, 3.8) is 0 Å². The summed E-state index contributed by atoms with van der Waals surface area (Å²) in [7, 11) is 1.60. The van der Waals surface area contributed by atoms with Crippen molar-refractivity contribution in [2.75, 3.05) is 25.1 Å². The molecule has 0 radical (unpaired) electrons. The van der Waals surface area contributed by atoms with Crippen molar-refractivity contribution >= 4 is 16.5 Å². The van der Waals surface area contributed by atoms with Crippen LogP contribution in [0.15, 0.2) is 48.5 Å². The molecule has 0 saturated heterocycles. The van der Waals surface area contributed by atoms with Gasteiger partial charge in [0, 0.05) is 29.7 Å². The maximum atomic E-state index is 14.3. The zero-order valence-electron chi connectivity index (χ0n) is 14.2. The number of hydrogen-bond donors (Lipinski definition) is 0. The van der Waals surface area contributed by atoms with E-state index in [2.05, 4.69) is 35.9 Å². The minimum absolute atomic E-state index is 0.460. The summed E-state index contributed by atoms with van der Waals surface area (Å²) >= 11 is 0. The third-order valence-electron chi connectivity index (χ3n) is 4.28. The van der Waals surface area contributed by atoms with Gasteiger partial charge < -0.3 is 9.64 Å². The molecular weight excluding hydrogens is 303 g/mol. The second-order valence-electron chi connectivity index (χ2n) is 5.60. The van der Waals surface area contributed by atoms with Crippen LogP contribution in [0.3, 0.4) is 0 Å². The zero-order valence-corrected chi connectivity index (χ0v) is 14.2. The monoisotopic (exact) mass is 324 g/mol. The molecular formula is C20H21FN2O. The standard InChI is InChI=1S/C20H21FN2O/c1-4-23(5-2)16-8-6-14(7-9-16)19-13-15-12-17(24-3)10-11-18(15)20(21)22-19/h6-13H,4-5H2,1-3H3. The summed E-state index contributed by atoms with van der Waals surface area (Å²) in [6, 6.07) is 15.2. The average molecular weight is 324 g/mol. The summed E-state index contributed by atoms with van der Waals surface area (Å²) in [4.78, 5) is 6.39. The largest absolute Gasteiger partial charge is 0.497 e. The molecule has 3 nitrogen and oxygen atoms in total. The normalized spacial score (nSPS) is 10.8. The van der Waals surface area contributed by atoms with E-state index in [4.69, 9.17) is 4.74 Å². The molecule has 4 heteroatoms. The molecule has 24 heavy (non-hydrogen) atoms. The van der Waals surface area contributed by atoms with Gasteiger partial charge in [-0.15, -0.1) is 0 Å². The quantitative estimate of drug-likeness (QED) is 0.624. The first-order chi connectivity index (χ1) is 11.7. The predicted molar refractivity (Wildman–Crippen MR) is 97.3 cm³/mol. The van der Waals surface area contributed by atoms with E-state index >= 15 is 0 Å². The summed E-state index contributed by atoms with van der Waals surface area (Å²) in [6.07, 6.45) is 0. The number of aromatic nitrogens is 1. The molecule has 0 N–H and O–H groups in total. The summed E-state index contributed by atoms with van der Waals surface area (Å²) in [5, 5.41) is 1.28. The fraction of sp³-hybridized carbons (Fsp3) is 0.250. The molecule has 3 aromatic rings. The first-order valence-electron chi connectivity index (χ1n) is 8.16. The Kier molecular flexibility index (Phi) is 4.65. The van der Waals surface area contributed by atoms with Crippen LogP contribution in [0, 0.1) is 5.95 Å². The number of rotatable bonds is 5. The van der Waals surface area contributed by atoms with Crippen molar-refractivity contribution in [3.8, 4) is 17.0 Å². The Hall–Kier alpha value is -2.62. The van der Waals surface area contributed by atoms with Crippen LogP contribution in [-0.4, -0.2) is 25.2 Å². The van der Waals surface area contributed by atoms with Crippen molar-refractivity contribution in [2.45, 2.75) is 13.8 Å². The maximum absolute atomic E-state index is 14.3. The van der Waals surface area contributed by atoms with Gasteiger partial charge in [-0.1, -0.05) is 12.1 Å². The lowest BCUT2D eigenvalue weighted by molar-refractivity contribution is 0.415. The summed E-state index contributed by atoms with van der Waals surface area (Å²) in [5.41, 5.74) is 2.68. The van der Waals surface area contributed by atoms with Crippen LogP contribution in [0.1, 0.15) is 13.8 Å². The van der Waals surface area contributed by atoms with E-state index in [-0.39, 0.29) is 0 Å². The minimum atomic E-state index is -0.460. The Labute approximate surface area is 141 Å². The number of methoxy groups -OCH3 is 1. The molecule has 0 unspecified atom stereocenters. The second-order valence-corrected chi connectivity index (χ2v) is 5.60. The highest BCUT2D eigenvalue weighted by Crippen LogP contribution is 2.28. The Balaban J connectivity index is 2.02. The van der Waals surface area contributed by atoms with Crippen LogP contribution in [0.4, 0.5) is 10.1 Å². The van der Waals surface area contributed by atoms with E-state index in [9.17, 15) is 4.39 Å². The minimum Gasteiger partial charge on any atom is -0.497 e. The molecule has 0 spiro atoms. The van der Waals surface area contributed by atoms with Crippen molar-refractivity contribution in [1.29, 1.82) is 0 Å². The molecule has 2 aromatic carbocycles.